The topological polar surface area (TPSA) is 35.8 Å². The van der Waals surface area contributed by atoms with Crippen molar-refractivity contribution >= 4 is 0 Å². The molecule has 0 aliphatic carbocycles. The zero-order valence-electron chi connectivity index (χ0n) is 10.3. The van der Waals surface area contributed by atoms with E-state index >= 15 is 0 Å². The Hall–Kier alpha value is -1.40. The molecule has 0 spiro atoms. The van der Waals surface area contributed by atoms with Gasteiger partial charge in [-0.25, -0.2) is 4.39 Å². The predicted molar refractivity (Wildman–Crippen MR) is 67.0 cm³/mol. The molecule has 1 rings (SSSR count). The van der Waals surface area contributed by atoms with Gasteiger partial charge in [-0.3, -0.25) is 0 Å². The molecule has 92 valence electrons. The first-order valence-corrected chi connectivity index (χ1v) is 6.17. The Balaban J connectivity index is 2.35. The number of hydrogen-bond acceptors (Lipinski definition) is 2. The first kappa shape index (κ1) is 13.7. The number of halogens is 1. The highest BCUT2D eigenvalue weighted by Gasteiger charge is 2.06. The minimum atomic E-state index is -0.393. The summed E-state index contributed by atoms with van der Waals surface area (Å²) in [7, 11) is 0. The van der Waals surface area contributed by atoms with Crippen LogP contribution in [0.3, 0.4) is 0 Å². The zero-order valence-corrected chi connectivity index (χ0v) is 10.3. The van der Waals surface area contributed by atoms with Gasteiger partial charge >= 0.3 is 0 Å². The summed E-state index contributed by atoms with van der Waals surface area (Å²) < 4.78 is 13.6. The largest absolute Gasteiger partial charge is 0.313 e. The van der Waals surface area contributed by atoms with E-state index in [1.165, 1.54) is 25.3 Å². The molecule has 0 atom stereocenters. The SMILES string of the molecule is CCCCCCNCc1cccc(C#N)c1F. The summed E-state index contributed by atoms with van der Waals surface area (Å²) in [4.78, 5) is 0. The van der Waals surface area contributed by atoms with Gasteiger partial charge in [0.05, 0.1) is 5.56 Å². The van der Waals surface area contributed by atoms with E-state index in [0.29, 0.717) is 12.1 Å². The van der Waals surface area contributed by atoms with Crippen molar-refractivity contribution in [1.82, 2.24) is 5.32 Å². The number of hydrogen-bond donors (Lipinski definition) is 1. The van der Waals surface area contributed by atoms with Crippen LogP contribution in [0.4, 0.5) is 4.39 Å². The third kappa shape index (κ3) is 4.54. The van der Waals surface area contributed by atoms with Crippen molar-refractivity contribution in [3.63, 3.8) is 0 Å². The number of nitrogens with one attached hydrogen (secondary N) is 1. The third-order valence-electron chi connectivity index (χ3n) is 2.72. The molecule has 1 aromatic rings. The molecule has 0 radical (unpaired) electrons. The van der Waals surface area contributed by atoms with E-state index in [1.807, 2.05) is 6.07 Å². The molecule has 1 N–H and O–H groups in total. The average Bonchev–Trinajstić information content (AvgIpc) is 2.35. The Bertz CT molecular complexity index is 382. The normalized spacial score (nSPS) is 10.2. The van der Waals surface area contributed by atoms with E-state index in [2.05, 4.69) is 12.2 Å². The molecule has 3 heteroatoms. The van der Waals surface area contributed by atoms with Crippen LogP contribution in [0.15, 0.2) is 18.2 Å². The van der Waals surface area contributed by atoms with Gasteiger partial charge in [0.2, 0.25) is 0 Å². The van der Waals surface area contributed by atoms with Crippen LogP contribution in [-0.4, -0.2) is 6.54 Å². The van der Waals surface area contributed by atoms with Gasteiger partial charge in [-0.05, 0) is 19.0 Å². The molecule has 17 heavy (non-hydrogen) atoms. The van der Waals surface area contributed by atoms with Gasteiger partial charge in [0, 0.05) is 12.1 Å². The maximum absolute atomic E-state index is 13.6. The fourth-order valence-electron chi connectivity index (χ4n) is 1.70. The standard InChI is InChI=1S/C14H19FN2/c1-2-3-4-5-9-17-11-13-8-6-7-12(10-16)14(13)15/h6-8,17H,2-5,9,11H2,1H3. The number of rotatable bonds is 7. The molecule has 0 bridgehead atoms. The van der Waals surface area contributed by atoms with Gasteiger partial charge < -0.3 is 5.32 Å². The smallest absolute Gasteiger partial charge is 0.145 e. The van der Waals surface area contributed by atoms with Crippen molar-refractivity contribution in [3.05, 3.63) is 35.1 Å². The fraction of sp³-hybridized carbons (Fsp3) is 0.500. The van der Waals surface area contributed by atoms with Crippen molar-refractivity contribution in [1.29, 1.82) is 5.26 Å². The lowest BCUT2D eigenvalue weighted by molar-refractivity contribution is 0.565. The van der Waals surface area contributed by atoms with Crippen molar-refractivity contribution in [2.75, 3.05) is 6.54 Å². The second-order valence-electron chi connectivity index (χ2n) is 4.13. The van der Waals surface area contributed by atoms with Crippen LogP contribution in [-0.2, 0) is 6.54 Å². The lowest BCUT2D eigenvalue weighted by atomic mass is 10.1. The highest BCUT2D eigenvalue weighted by molar-refractivity contribution is 5.34. The molecule has 0 saturated heterocycles. The van der Waals surface area contributed by atoms with Crippen molar-refractivity contribution in [2.24, 2.45) is 0 Å². The molecule has 0 amide bonds. The molecule has 0 fully saturated rings. The molecular weight excluding hydrogens is 215 g/mol. The van der Waals surface area contributed by atoms with Crippen LogP contribution < -0.4 is 5.32 Å². The third-order valence-corrected chi connectivity index (χ3v) is 2.72. The predicted octanol–water partition coefficient (Wildman–Crippen LogP) is 3.37. The van der Waals surface area contributed by atoms with Gasteiger partial charge in [-0.2, -0.15) is 5.26 Å². The summed E-state index contributed by atoms with van der Waals surface area (Å²) in [5, 5.41) is 11.9. The first-order chi connectivity index (χ1) is 8.29. The molecule has 0 unspecified atom stereocenters. The van der Waals surface area contributed by atoms with Crippen LogP contribution in [0, 0.1) is 17.1 Å². The Morgan fingerprint density at radius 3 is 2.82 bits per heavy atom. The lowest BCUT2D eigenvalue weighted by Gasteiger charge is -2.06. The Kier molecular flexibility index (Phi) is 6.27. The summed E-state index contributed by atoms with van der Waals surface area (Å²) in [5.41, 5.74) is 0.690. The fourth-order valence-corrected chi connectivity index (χ4v) is 1.70. The van der Waals surface area contributed by atoms with Crippen LogP contribution in [0.5, 0.6) is 0 Å². The minimum Gasteiger partial charge on any atom is -0.313 e. The molecular formula is C14H19FN2. The van der Waals surface area contributed by atoms with Crippen LogP contribution in [0.1, 0.15) is 43.7 Å². The van der Waals surface area contributed by atoms with Gasteiger partial charge in [0.15, 0.2) is 0 Å². The van der Waals surface area contributed by atoms with E-state index in [-0.39, 0.29) is 5.56 Å². The summed E-state index contributed by atoms with van der Waals surface area (Å²) in [6.45, 7) is 3.57. The Morgan fingerprint density at radius 1 is 1.29 bits per heavy atom. The number of nitrogens with zero attached hydrogens (tertiary/aromatic N) is 1. The van der Waals surface area contributed by atoms with E-state index < -0.39 is 5.82 Å². The second-order valence-corrected chi connectivity index (χ2v) is 4.13. The van der Waals surface area contributed by atoms with Gasteiger partial charge in [0.1, 0.15) is 11.9 Å². The summed E-state index contributed by atoms with van der Waals surface area (Å²) >= 11 is 0. The van der Waals surface area contributed by atoms with E-state index in [4.69, 9.17) is 5.26 Å². The molecule has 0 aliphatic rings. The number of benzene rings is 1. The maximum atomic E-state index is 13.6. The van der Waals surface area contributed by atoms with Crippen molar-refractivity contribution in [3.8, 4) is 6.07 Å². The first-order valence-electron chi connectivity index (χ1n) is 6.17. The van der Waals surface area contributed by atoms with Crippen LogP contribution in [0.25, 0.3) is 0 Å². The van der Waals surface area contributed by atoms with Gasteiger partial charge in [-0.15, -0.1) is 0 Å². The Labute approximate surface area is 102 Å². The molecule has 0 saturated carbocycles. The maximum Gasteiger partial charge on any atom is 0.145 e. The quantitative estimate of drug-likeness (QED) is 0.734. The average molecular weight is 234 g/mol. The molecule has 0 heterocycles. The number of nitriles is 1. The monoisotopic (exact) mass is 234 g/mol. The minimum absolute atomic E-state index is 0.121. The zero-order chi connectivity index (χ0) is 12.5. The van der Waals surface area contributed by atoms with E-state index in [1.54, 1.807) is 12.1 Å². The Morgan fingerprint density at radius 2 is 2.12 bits per heavy atom. The van der Waals surface area contributed by atoms with E-state index in [0.717, 1.165) is 13.0 Å². The molecule has 0 aromatic heterocycles. The molecule has 1 aromatic carbocycles. The number of unbranched alkanes of at least 4 members (excludes halogenated alkanes) is 3. The van der Waals surface area contributed by atoms with Crippen LogP contribution in [0.2, 0.25) is 0 Å². The van der Waals surface area contributed by atoms with Gasteiger partial charge in [-0.1, -0.05) is 38.3 Å². The summed E-state index contributed by atoms with van der Waals surface area (Å²) in [6.07, 6.45) is 4.80. The lowest BCUT2D eigenvalue weighted by Crippen LogP contribution is -2.15. The van der Waals surface area contributed by atoms with E-state index in [9.17, 15) is 4.39 Å². The van der Waals surface area contributed by atoms with Crippen LogP contribution >= 0.6 is 0 Å². The summed E-state index contributed by atoms with van der Waals surface area (Å²) in [5.74, 6) is -0.393. The molecule has 0 aliphatic heterocycles. The summed E-state index contributed by atoms with van der Waals surface area (Å²) in [6, 6.07) is 6.79. The second kappa shape index (κ2) is 7.81. The molecule has 2 nitrogen and oxygen atoms in total. The highest BCUT2D eigenvalue weighted by Crippen LogP contribution is 2.11. The van der Waals surface area contributed by atoms with Crippen molar-refractivity contribution in [2.45, 2.75) is 39.2 Å². The highest BCUT2D eigenvalue weighted by atomic mass is 19.1. The van der Waals surface area contributed by atoms with Crippen molar-refractivity contribution < 1.29 is 4.39 Å². The van der Waals surface area contributed by atoms with Gasteiger partial charge in [0.25, 0.3) is 0 Å².